The molecule has 0 unspecified atom stereocenters. The molecule has 0 atom stereocenters. The summed E-state index contributed by atoms with van der Waals surface area (Å²) >= 11 is 0.994. The van der Waals surface area contributed by atoms with Crippen molar-refractivity contribution in [1.82, 2.24) is 4.98 Å². The average molecular weight is 248 g/mol. The lowest BCUT2D eigenvalue weighted by Crippen LogP contribution is -1.95. The van der Waals surface area contributed by atoms with E-state index in [0.717, 1.165) is 23.3 Å². The van der Waals surface area contributed by atoms with Crippen molar-refractivity contribution >= 4 is 22.4 Å². The van der Waals surface area contributed by atoms with Crippen LogP contribution in [0.2, 0.25) is 0 Å². The van der Waals surface area contributed by atoms with Gasteiger partial charge in [-0.1, -0.05) is 42.5 Å². The number of benzene rings is 1. The Kier molecular flexibility index (Phi) is 3.10. The smallest absolute Gasteiger partial charge is 0.348 e. The summed E-state index contributed by atoms with van der Waals surface area (Å²) in [5, 5.41) is 9.33. The number of aromatic carboxylic acids is 1. The maximum Gasteiger partial charge on any atom is 0.348 e. The highest BCUT2D eigenvalue weighted by atomic mass is 32.1. The monoisotopic (exact) mass is 248 g/mol. The standard InChI is InChI=1S/C12H12N2O2S/c1-2-7-3-5-8(6-4-7)9-10(11(15)16)17-12(13)14-9/h3-6H,2H2,1H3,(H2,13,14)(H,15,16). The Hall–Kier alpha value is -1.88. The van der Waals surface area contributed by atoms with E-state index in [4.69, 9.17) is 10.8 Å². The second kappa shape index (κ2) is 4.55. The number of nitrogens with zero attached hydrogens (tertiary/aromatic N) is 1. The van der Waals surface area contributed by atoms with Gasteiger partial charge in [-0.05, 0) is 12.0 Å². The van der Waals surface area contributed by atoms with E-state index in [1.54, 1.807) is 0 Å². The number of carboxylic acid groups (broad SMARTS) is 1. The molecule has 0 spiro atoms. The van der Waals surface area contributed by atoms with Gasteiger partial charge >= 0.3 is 5.97 Å². The summed E-state index contributed by atoms with van der Waals surface area (Å²) in [6.07, 6.45) is 0.950. The molecule has 0 saturated heterocycles. The van der Waals surface area contributed by atoms with Crippen LogP contribution in [0.15, 0.2) is 24.3 Å². The van der Waals surface area contributed by atoms with Crippen molar-refractivity contribution in [2.75, 3.05) is 5.73 Å². The zero-order valence-corrected chi connectivity index (χ0v) is 10.1. The average Bonchev–Trinajstić information content (AvgIpc) is 2.72. The molecule has 2 aromatic rings. The molecule has 0 bridgehead atoms. The fourth-order valence-corrected chi connectivity index (χ4v) is 2.27. The number of aromatic nitrogens is 1. The molecule has 1 aromatic carbocycles. The van der Waals surface area contributed by atoms with E-state index in [1.165, 1.54) is 5.56 Å². The Bertz CT molecular complexity index is 546. The van der Waals surface area contributed by atoms with E-state index in [2.05, 4.69) is 11.9 Å². The van der Waals surface area contributed by atoms with Crippen molar-refractivity contribution in [3.63, 3.8) is 0 Å². The number of nitrogens with two attached hydrogens (primary N) is 1. The minimum Gasteiger partial charge on any atom is -0.477 e. The van der Waals surface area contributed by atoms with Gasteiger partial charge in [0.15, 0.2) is 5.13 Å². The van der Waals surface area contributed by atoms with Crippen LogP contribution in [0, 0.1) is 0 Å². The first-order chi connectivity index (χ1) is 8.11. The third kappa shape index (κ3) is 2.29. The van der Waals surface area contributed by atoms with Crippen molar-refractivity contribution in [3.05, 3.63) is 34.7 Å². The molecule has 0 amide bonds. The molecule has 5 heteroatoms. The normalized spacial score (nSPS) is 10.4. The first-order valence-corrected chi connectivity index (χ1v) is 6.02. The van der Waals surface area contributed by atoms with Gasteiger partial charge in [0.1, 0.15) is 4.88 Å². The van der Waals surface area contributed by atoms with E-state index >= 15 is 0 Å². The van der Waals surface area contributed by atoms with E-state index in [-0.39, 0.29) is 10.0 Å². The minimum atomic E-state index is -0.992. The molecular weight excluding hydrogens is 236 g/mol. The predicted molar refractivity (Wildman–Crippen MR) is 68.3 cm³/mol. The van der Waals surface area contributed by atoms with Gasteiger partial charge in [-0.3, -0.25) is 0 Å². The van der Waals surface area contributed by atoms with Crippen LogP contribution in [-0.2, 0) is 6.42 Å². The number of anilines is 1. The Morgan fingerprint density at radius 2 is 2.06 bits per heavy atom. The third-order valence-corrected chi connectivity index (χ3v) is 3.35. The zero-order chi connectivity index (χ0) is 12.4. The summed E-state index contributed by atoms with van der Waals surface area (Å²) in [6.45, 7) is 2.07. The molecule has 3 N–H and O–H groups in total. The molecule has 17 heavy (non-hydrogen) atoms. The van der Waals surface area contributed by atoms with Gasteiger partial charge in [-0.2, -0.15) is 0 Å². The van der Waals surface area contributed by atoms with Crippen LogP contribution in [0.1, 0.15) is 22.2 Å². The Balaban J connectivity index is 2.48. The number of rotatable bonds is 3. The highest BCUT2D eigenvalue weighted by Gasteiger charge is 2.17. The van der Waals surface area contributed by atoms with Gasteiger partial charge in [-0.15, -0.1) is 0 Å². The van der Waals surface area contributed by atoms with Crippen molar-refractivity contribution < 1.29 is 9.90 Å². The number of carbonyl (C=O) groups is 1. The number of hydrogen-bond acceptors (Lipinski definition) is 4. The lowest BCUT2D eigenvalue weighted by Gasteiger charge is -2.00. The largest absolute Gasteiger partial charge is 0.477 e. The fourth-order valence-electron chi connectivity index (χ4n) is 1.58. The predicted octanol–water partition coefficient (Wildman–Crippen LogP) is 2.65. The van der Waals surface area contributed by atoms with Gasteiger partial charge in [0.05, 0.1) is 5.69 Å². The number of nitrogen functional groups attached to an aromatic ring is 1. The highest BCUT2D eigenvalue weighted by molar-refractivity contribution is 7.17. The van der Waals surface area contributed by atoms with Gasteiger partial charge in [0, 0.05) is 5.56 Å². The van der Waals surface area contributed by atoms with E-state index in [9.17, 15) is 4.79 Å². The second-order valence-electron chi connectivity index (χ2n) is 3.59. The van der Waals surface area contributed by atoms with Gasteiger partial charge in [-0.25, -0.2) is 9.78 Å². The molecule has 1 heterocycles. The maximum absolute atomic E-state index is 11.0. The number of aryl methyl sites for hydroxylation is 1. The van der Waals surface area contributed by atoms with E-state index in [1.807, 2.05) is 24.3 Å². The molecular formula is C12H12N2O2S. The van der Waals surface area contributed by atoms with Crippen LogP contribution in [0.4, 0.5) is 5.13 Å². The van der Waals surface area contributed by atoms with Crippen molar-refractivity contribution in [3.8, 4) is 11.3 Å². The molecule has 0 radical (unpaired) electrons. The van der Waals surface area contributed by atoms with Crippen molar-refractivity contribution in [2.45, 2.75) is 13.3 Å². The summed E-state index contributed by atoms with van der Waals surface area (Å²) in [7, 11) is 0. The first-order valence-electron chi connectivity index (χ1n) is 5.20. The maximum atomic E-state index is 11.0. The Morgan fingerprint density at radius 1 is 1.41 bits per heavy atom. The molecule has 0 aliphatic carbocycles. The third-order valence-electron chi connectivity index (χ3n) is 2.47. The summed E-state index contributed by atoms with van der Waals surface area (Å²) in [5.74, 6) is -0.992. The molecule has 88 valence electrons. The molecule has 0 aliphatic heterocycles. The molecule has 0 aliphatic rings. The number of carboxylic acids is 1. The summed E-state index contributed by atoms with van der Waals surface area (Å²) in [5.41, 5.74) is 7.99. The summed E-state index contributed by atoms with van der Waals surface area (Å²) in [4.78, 5) is 15.3. The molecule has 0 fully saturated rings. The Morgan fingerprint density at radius 3 is 2.59 bits per heavy atom. The SMILES string of the molecule is CCc1ccc(-c2nc(N)sc2C(=O)O)cc1. The second-order valence-corrected chi connectivity index (χ2v) is 4.62. The summed E-state index contributed by atoms with van der Waals surface area (Å²) in [6, 6.07) is 7.69. The van der Waals surface area contributed by atoms with Gasteiger partial charge in [0.25, 0.3) is 0 Å². The molecule has 0 saturated carbocycles. The minimum absolute atomic E-state index is 0.187. The van der Waals surface area contributed by atoms with E-state index in [0.29, 0.717) is 5.69 Å². The van der Waals surface area contributed by atoms with Crippen LogP contribution in [-0.4, -0.2) is 16.1 Å². The fraction of sp³-hybridized carbons (Fsp3) is 0.167. The Labute approximate surface area is 103 Å². The van der Waals surface area contributed by atoms with Crippen LogP contribution in [0.3, 0.4) is 0 Å². The highest BCUT2D eigenvalue weighted by Crippen LogP contribution is 2.29. The van der Waals surface area contributed by atoms with Gasteiger partial charge in [0.2, 0.25) is 0 Å². The zero-order valence-electron chi connectivity index (χ0n) is 9.30. The van der Waals surface area contributed by atoms with Gasteiger partial charge < -0.3 is 10.8 Å². The van der Waals surface area contributed by atoms with Crippen LogP contribution < -0.4 is 5.73 Å². The van der Waals surface area contributed by atoms with Crippen LogP contribution >= 0.6 is 11.3 Å². The first kappa shape index (κ1) is 11.6. The van der Waals surface area contributed by atoms with Crippen molar-refractivity contribution in [1.29, 1.82) is 0 Å². The summed E-state index contributed by atoms with van der Waals surface area (Å²) < 4.78 is 0. The molecule has 1 aromatic heterocycles. The quantitative estimate of drug-likeness (QED) is 0.875. The van der Waals surface area contributed by atoms with Crippen LogP contribution in [0.25, 0.3) is 11.3 Å². The van der Waals surface area contributed by atoms with Crippen molar-refractivity contribution in [2.24, 2.45) is 0 Å². The van der Waals surface area contributed by atoms with Crippen LogP contribution in [0.5, 0.6) is 0 Å². The number of hydrogen-bond donors (Lipinski definition) is 2. The molecule has 2 rings (SSSR count). The molecule has 4 nitrogen and oxygen atoms in total. The lowest BCUT2D eigenvalue weighted by atomic mass is 10.1. The topological polar surface area (TPSA) is 76.2 Å². The van der Waals surface area contributed by atoms with E-state index < -0.39 is 5.97 Å². The lowest BCUT2D eigenvalue weighted by molar-refractivity contribution is 0.0702. The number of thiazole rings is 1.